The second-order valence-corrected chi connectivity index (χ2v) is 5.93. The first-order chi connectivity index (χ1) is 13.0. The van der Waals surface area contributed by atoms with Gasteiger partial charge < -0.3 is 20.7 Å². The number of rotatable bonds is 9. The van der Waals surface area contributed by atoms with Crippen LogP contribution in [0.5, 0.6) is 5.75 Å². The molecule has 0 aliphatic rings. The highest BCUT2D eigenvalue weighted by molar-refractivity contribution is 6.39. The number of nitrogens with two attached hydrogens (primary N) is 1. The van der Waals surface area contributed by atoms with Gasteiger partial charge in [-0.05, 0) is 30.2 Å². The fourth-order valence-corrected chi connectivity index (χ4v) is 2.65. The number of benzene rings is 2. The molecular weight excluding hydrogens is 346 g/mol. The first-order valence-electron chi connectivity index (χ1n) is 8.48. The first-order valence-corrected chi connectivity index (χ1v) is 8.48. The van der Waals surface area contributed by atoms with Gasteiger partial charge in [-0.25, -0.2) is 0 Å². The first kappa shape index (κ1) is 20.1. The maximum absolute atomic E-state index is 12.5. The van der Waals surface area contributed by atoms with E-state index in [4.69, 9.17) is 10.5 Å². The molecule has 1 unspecified atom stereocenters. The number of methoxy groups -OCH3 is 1. The number of anilines is 1. The third-order valence-electron chi connectivity index (χ3n) is 4.18. The Labute approximate surface area is 158 Å². The van der Waals surface area contributed by atoms with Crippen LogP contribution in [0.2, 0.25) is 0 Å². The summed E-state index contributed by atoms with van der Waals surface area (Å²) in [6, 6.07) is 13.2. The van der Waals surface area contributed by atoms with Crippen molar-refractivity contribution in [1.82, 2.24) is 5.32 Å². The number of ether oxygens (including phenoxy) is 1. The minimum atomic E-state index is -0.978. The lowest BCUT2D eigenvalue weighted by Gasteiger charge is -2.25. The number of para-hydroxylation sites is 2. The quantitative estimate of drug-likeness (QED) is 0.514. The summed E-state index contributed by atoms with van der Waals surface area (Å²) in [5.74, 6) is -1.05. The van der Waals surface area contributed by atoms with E-state index in [1.165, 1.54) is 18.9 Å². The number of carbonyl (C=O) groups is 3. The molecule has 142 valence electrons. The van der Waals surface area contributed by atoms with E-state index in [1.54, 1.807) is 24.3 Å². The van der Waals surface area contributed by atoms with Gasteiger partial charge in [-0.1, -0.05) is 36.4 Å². The molecular formula is C20H23N3O4. The molecule has 0 spiro atoms. The van der Waals surface area contributed by atoms with Gasteiger partial charge in [0.15, 0.2) is 0 Å². The molecule has 0 saturated heterocycles. The molecule has 0 aromatic heterocycles. The Morgan fingerprint density at radius 3 is 2.56 bits per heavy atom. The van der Waals surface area contributed by atoms with Crippen LogP contribution in [0.15, 0.2) is 48.5 Å². The summed E-state index contributed by atoms with van der Waals surface area (Å²) in [6.45, 7) is 2.09. The predicted molar refractivity (Wildman–Crippen MR) is 102 cm³/mol. The summed E-state index contributed by atoms with van der Waals surface area (Å²) in [5.41, 5.74) is 7.79. The zero-order valence-corrected chi connectivity index (χ0v) is 15.3. The van der Waals surface area contributed by atoms with E-state index < -0.39 is 17.7 Å². The van der Waals surface area contributed by atoms with Gasteiger partial charge in [-0.3, -0.25) is 14.4 Å². The van der Waals surface area contributed by atoms with Crippen LogP contribution in [0.4, 0.5) is 5.69 Å². The topological polar surface area (TPSA) is 102 Å². The standard InChI is InChI=1S/C20H23N3O4/c1-14(23(13-24)17-8-3-4-9-18(17)27-2)19(25)20(26)22-12-16-7-5-6-15(10-16)11-21/h3-10,13-14H,11-12,21H2,1-2H3,(H,22,26). The number of nitrogens with one attached hydrogen (secondary N) is 1. The Morgan fingerprint density at radius 1 is 1.19 bits per heavy atom. The van der Waals surface area contributed by atoms with E-state index in [1.807, 2.05) is 24.3 Å². The zero-order chi connectivity index (χ0) is 19.8. The number of amides is 2. The molecule has 27 heavy (non-hydrogen) atoms. The molecule has 0 heterocycles. The van der Waals surface area contributed by atoms with Gasteiger partial charge in [0.1, 0.15) is 11.8 Å². The minimum Gasteiger partial charge on any atom is -0.495 e. The third-order valence-corrected chi connectivity index (χ3v) is 4.18. The summed E-state index contributed by atoms with van der Waals surface area (Å²) in [7, 11) is 1.47. The van der Waals surface area contributed by atoms with Crippen molar-refractivity contribution >= 4 is 23.8 Å². The maximum Gasteiger partial charge on any atom is 0.289 e. The Bertz CT molecular complexity index is 822. The van der Waals surface area contributed by atoms with Crippen LogP contribution in [-0.2, 0) is 27.5 Å². The van der Waals surface area contributed by atoms with Gasteiger partial charge >= 0.3 is 0 Å². The summed E-state index contributed by atoms with van der Waals surface area (Å²) in [4.78, 5) is 37.5. The lowest BCUT2D eigenvalue weighted by molar-refractivity contribution is -0.138. The molecule has 2 aromatic carbocycles. The van der Waals surface area contributed by atoms with E-state index in [2.05, 4.69) is 5.32 Å². The molecule has 0 aliphatic heterocycles. The average molecular weight is 369 g/mol. The van der Waals surface area contributed by atoms with Crippen LogP contribution in [0.25, 0.3) is 0 Å². The molecule has 0 fully saturated rings. The molecule has 7 nitrogen and oxygen atoms in total. The molecule has 7 heteroatoms. The maximum atomic E-state index is 12.5. The van der Waals surface area contributed by atoms with Gasteiger partial charge in [0.25, 0.3) is 5.91 Å². The van der Waals surface area contributed by atoms with Crippen molar-refractivity contribution in [3.05, 3.63) is 59.7 Å². The van der Waals surface area contributed by atoms with Gasteiger partial charge in [0.05, 0.1) is 12.8 Å². The zero-order valence-electron chi connectivity index (χ0n) is 15.3. The van der Waals surface area contributed by atoms with Crippen LogP contribution >= 0.6 is 0 Å². The number of nitrogens with zero attached hydrogens (tertiary/aromatic N) is 1. The SMILES string of the molecule is COc1ccccc1N(C=O)C(C)C(=O)C(=O)NCc1cccc(CN)c1. The third kappa shape index (κ3) is 4.92. The Balaban J connectivity index is 2.07. The number of ketones is 1. The van der Waals surface area contributed by atoms with Crippen LogP contribution in [-0.4, -0.2) is 31.3 Å². The van der Waals surface area contributed by atoms with E-state index in [0.29, 0.717) is 24.4 Å². The van der Waals surface area contributed by atoms with Crippen LogP contribution < -0.4 is 20.7 Å². The highest BCUT2D eigenvalue weighted by Crippen LogP contribution is 2.28. The highest BCUT2D eigenvalue weighted by atomic mass is 16.5. The largest absolute Gasteiger partial charge is 0.495 e. The molecule has 2 aromatic rings. The molecule has 2 rings (SSSR count). The molecule has 1 atom stereocenters. The Morgan fingerprint density at radius 2 is 1.89 bits per heavy atom. The summed E-state index contributed by atoms with van der Waals surface area (Å²) < 4.78 is 5.22. The minimum absolute atomic E-state index is 0.195. The number of carbonyl (C=O) groups excluding carboxylic acids is 3. The fourth-order valence-electron chi connectivity index (χ4n) is 2.65. The van der Waals surface area contributed by atoms with Gasteiger partial charge in [0, 0.05) is 13.1 Å². The monoisotopic (exact) mass is 369 g/mol. The van der Waals surface area contributed by atoms with Crippen molar-refractivity contribution in [3.63, 3.8) is 0 Å². The van der Waals surface area contributed by atoms with Gasteiger partial charge in [-0.2, -0.15) is 0 Å². The van der Waals surface area contributed by atoms with Crippen molar-refractivity contribution in [2.75, 3.05) is 12.0 Å². The van der Waals surface area contributed by atoms with Crippen molar-refractivity contribution < 1.29 is 19.1 Å². The lowest BCUT2D eigenvalue weighted by atomic mass is 10.1. The van der Waals surface area contributed by atoms with Crippen LogP contribution in [0.3, 0.4) is 0 Å². The van der Waals surface area contributed by atoms with Gasteiger partial charge in [0.2, 0.25) is 12.2 Å². The molecule has 0 radical (unpaired) electrons. The van der Waals surface area contributed by atoms with Crippen LogP contribution in [0.1, 0.15) is 18.1 Å². The second-order valence-electron chi connectivity index (χ2n) is 5.93. The van der Waals surface area contributed by atoms with E-state index in [9.17, 15) is 14.4 Å². The lowest BCUT2D eigenvalue weighted by Crippen LogP contribution is -2.45. The molecule has 3 N–H and O–H groups in total. The van der Waals surface area contributed by atoms with E-state index in [-0.39, 0.29) is 6.54 Å². The molecule has 0 aliphatic carbocycles. The van der Waals surface area contributed by atoms with Gasteiger partial charge in [-0.15, -0.1) is 0 Å². The molecule has 0 saturated carbocycles. The van der Waals surface area contributed by atoms with E-state index in [0.717, 1.165) is 11.1 Å². The van der Waals surface area contributed by atoms with E-state index >= 15 is 0 Å². The Hall–Kier alpha value is -3.19. The predicted octanol–water partition coefficient (Wildman–Crippen LogP) is 1.39. The normalized spacial score (nSPS) is 11.4. The Kier molecular flexibility index (Phi) is 7.08. The molecule has 0 bridgehead atoms. The molecule has 2 amide bonds. The fraction of sp³-hybridized carbons (Fsp3) is 0.250. The summed E-state index contributed by atoms with van der Waals surface area (Å²) in [6.07, 6.45) is 0.512. The summed E-state index contributed by atoms with van der Waals surface area (Å²) in [5, 5.41) is 2.59. The summed E-state index contributed by atoms with van der Waals surface area (Å²) >= 11 is 0. The highest BCUT2D eigenvalue weighted by Gasteiger charge is 2.28. The van der Waals surface area contributed by atoms with Crippen LogP contribution in [0, 0.1) is 0 Å². The number of hydrogen-bond donors (Lipinski definition) is 2. The average Bonchev–Trinajstić information content (AvgIpc) is 2.72. The van der Waals surface area contributed by atoms with Crippen molar-refractivity contribution in [2.45, 2.75) is 26.1 Å². The second kappa shape index (κ2) is 9.49. The van der Waals surface area contributed by atoms with Crippen molar-refractivity contribution in [3.8, 4) is 5.75 Å². The number of hydrogen-bond acceptors (Lipinski definition) is 5. The number of Topliss-reactive ketones (excluding diaryl/α,β-unsaturated/α-hetero) is 1. The van der Waals surface area contributed by atoms with Crippen molar-refractivity contribution in [2.24, 2.45) is 5.73 Å². The van der Waals surface area contributed by atoms with Crippen molar-refractivity contribution in [1.29, 1.82) is 0 Å². The smallest absolute Gasteiger partial charge is 0.289 e.